The highest BCUT2D eigenvalue weighted by atomic mass is 19.3. The second-order valence-corrected chi connectivity index (χ2v) is 3.76. The maximum atomic E-state index is 12.6. The maximum Gasteiger partial charge on any atom is 0.319 e. The topological polar surface area (TPSA) is 29.9 Å². The summed E-state index contributed by atoms with van der Waals surface area (Å²) >= 11 is 0. The molecule has 3 nitrogen and oxygen atoms in total. The average molecular weight is 253 g/mol. The molecular formula is C10H15F4N3. The molecule has 0 amide bonds. The molecule has 1 aromatic heterocycles. The van der Waals surface area contributed by atoms with Gasteiger partial charge in [-0.25, -0.2) is 8.78 Å². The first-order valence-corrected chi connectivity index (χ1v) is 5.27. The summed E-state index contributed by atoms with van der Waals surface area (Å²) in [5.74, 6) is -3.99. The molecule has 0 aromatic carbocycles. The summed E-state index contributed by atoms with van der Waals surface area (Å²) in [6, 6.07) is 1.73. The third-order valence-electron chi connectivity index (χ3n) is 2.27. The second kappa shape index (κ2) is 5.48. The summed E-state index contributed by atoms with van der Waals surface area (Å²) < 4.78 is 50.6. The van der Waals surface area contributed by atoms with E-state index in [1.165, 1.54) is 0 Å². The molecule has 0 aliphatic carbocycles. The van der Waals surface area contributed by atoms with Crippen LogP contribution in [0.4, 0.5) is 17.6 Å². The van der Waals surface area contributed by atoms with Gasteiger partial charge in [0.25, 0.3) is 0 Å². The fraction of sp³-hybridized carbons (Fsp3) is 0.700. The first-order valence-electron chi connectivity index (χ1n) is 5.27. The molecule has 98 valence electrons. The minimum absolute atomic E-state index is 0.0942. The molecule has 0 unspecified atom stereocenters. The lowest BCUT2D eigenvalue weighted by molar-refractivity contribution is -0.125. The fourth-order valence-corrected chi connectivity index (χ4v) is 1.45. The number of nitrogens with one attached hydrogen (secondary N) is 1. The van der Waals surface area contributed by atoms with E-state index in [9.17, 15) is 17.6 Å². The molecule has 1 aromatic rings. The van der Waals surface area contributed by atoms with Crippen LogP contribution in [0.25, 0.3) is 0 Å². The van der Waals surface area contributed by atoms with Gasteiger partial charge in [-0.15, -0.1) is 0 Å². The van der Waals surface area contributed by atoms with E-state index >= 15 is 0 Å². The van der Waals surface area contributed by atoms with Crippen molar-refractivity contribution < 1.29 is 17.6 Å². The minimum Gasteiger partial charge on any atom is -0.305 e. The van der Waals surface area contributed by atoms with Crippen molar-refractivity contribution in [2.75, 3.05) is 6.54 Å². The molecule has 0 spiro atoms. The molecule has 0 saturated heterocycles. The quantitative estimate of drug-likeness (QED) is 0.788. The Bertz CT molecular complexity index is 362. The van der Waals surface area contributed by atoms with E-state index in [0.717, 1.165) is 5.69 Å². The molecule has 0 aliphatic rings. The van der Waals surface area contributed by atoms with Crippen LogP contribution in [-0.4, -0.2) is 28.7 Å². The Morgan fingerprint density at radius 1 is 1.47 bits per heavy atom. The van der Waals surface area contributed by atoms with Gasteiger partial charge in [-0.1, -0.05) is 0 Å². The van der Waals surface area contributed by atoms with Gasteiger partial charge in [-0.2, -0.15) is 13.9 Å². The zero-order chi connectivity index (χ0) is 13.1. The van der Waals surface area contributed by atoms with E-state index in [0.29, 0.717) is 12.2 Å². The number of aromatic nitrogens is 2. The summed E-state index contributed by atoms with van der Waals surface area (Å²) in [5, 5.41) is 6.44. The van der Waals surface area contributed by atoms with Crippen molar-refractivity contribution in [3.63, 3.8) is 0 Å². The molecule has 0 bridgehead atoms. The van der Waals surface area contributed by atoms with Crippen LogP contribution in [0, 0.1) is 6.92 Å². The number of hydrogen-bond acceptors (Lipinski definition) is 2. The lowest BCUT2D eigenvalue weighted by Crippen LogP contribution is -2.38. The highest BCUT2D eigenvalue weighted by molar-refractivity contribution is 5.08. The van der Waals surface area contributed by atoms with Crippen molar-refractivity contribution in [2.45, 2.75) is 39.3 Å². The molecule has 7 heteroatoms. The average Bonchev–Trinajstić information content (AvgIpc) is 2.58. The number of aryl methyl sites for hydroxylation is 2. The van der Waals surface area contributed by atoms with Crippen molar-refractivity contribution in [3.8, 4) is 0 Å². The first kappa shape index (κ1) is 14.0. The molecule has 0 saturated carbocycles. The van der Waals surface area contributed by atoms with Gasteiger partial charge in [0.1, 0.15) is 0 Å². The highest BCUT2D eigenvalue weighted by Gasteiger charge is 2.40. The third kappa shape index (κ3) is 3.69. The molecule has 0 atom stereocenters. The molecule has 0 aliphatic heterocycles. The van der Waals surface area contributed by atoms with Crippen LogP contribution >= 0.6 is 0 Å². The van der Waals surface area contributed by atoms with Gasteiger partial charge in [-0.05, 0) is 19.9 Å². The van der Waals surface area contributed by atoms with Crippen LogP contribution < -0.4 is 5.32 Å². The Balaban J connectivity index is 2.51. The van der Waals surface area contributed by atoms with E-state index in [1.807, 2.05) is 6.92 Å². The molecule has 1 rings (SSSR count). The lowest BCUT2D eigenvalue weighted by Gasteiger charge is -2.15. The van der Waals surface area contributed by atoms with Gasteiger partial charge < -0.3 is 5.32 Å². The Hall–Kier alpha value is -1.11. The van der Waals surface area contributed by atoms with Crippen molar-refractivity contribution in [2.24, 2.45) is 0 Å². The number of halogens is 4. The Morgan fingerprint density at radius 3 is 2.65 bits per heavy atom. The molecular weight excluding hydrogens is 238 g/mol. The fourth-order valence-electron chi connectivity index (χ4n) is 1.45. The van der Waals surface area contributed by atoms with E-state index in [-0.39, 0.29) is 6.54 Å². The first-order chi connectivity index (χ1) is 7.86. The van der Waals surface area contributed by atoms with Gasteiger partial charge in [0.15, 0.2) is 0 Å². The van der Waals surface area contributed by atoms with Gasteiger partial charge in [-0.3, -0.25) is 4.68 Å². The van der Waals surface area contributed by atoms with E-state index in [1.54, 1.807) is 17.7 Å². The van der Waals surface area contributed by atoms with Crippen molar-refractivity contribution >= 4 is 0 Å². The van der Waals surface area contributed by atoms with Crippen molar-refractivity contribution in [1.29, 1.82) is 0 Å². The largest absolute Gasteiger partial charge is 0.319 e. The van der Waals surface area contributed by atoms with Crippen LogP contribution in [0.2, 0.25) is 0 Å². The van der Waals surface area contributed by atoms with E-state index < -0.39 is 18.9 Å². The van der Waals surface area contributed by atoms with Crippen LogP contribution in [0.3, 0.4) is 0 Å². The number of alkyl halides is 4. The predicted octanol–water partition coefficient (Wildman–Crippen LogP) is 2.20. The summed E-state index contributed by atoms with van der Waals surface area (Å²) in [5.41, 5.74) is 1.47. The molecule has 0 radical (unpaired) electrons. The number of nitrogens with zero attached hydrogens (tertiary/aromatic N) is 2. The number of rotatable bonds is 6. The van der Waals surface area contributed by atoms with E-state index in [4.69, 9.17) is 0 Å². The second-order valence-electron chi connectivity index (χ2n) is 3.76. The minimum atomic E-state index is -3.99. The monoisotopic (exact) mass is 253 g/mol. The SMILES string of the molecule is CCn1nc(C)cc1CNCC(F)(F)C(F)F. The normalized spacial score (nSPS) is 12.4. The lowest BCUT2D eigenvalue weighted by atomic mass is 10.3. The summed E-state index contributed by atoms with van der Waals surface area (Å²) in [7, 11) is 0. The molecule has 17 heavy (non-hydrogen) atoms. The summed E-state index contributed by atoms with van der Waals surface area (Å²) in [6.07, 6.45) is -3.65. The Morgan fingerprint density at radius 2 is 2.12 bits per heavy atom. The summed E-state index contributed by atoms with van der Waals surface area (Å²) in [4.78, 5) is 0. The van der Waals surface area contributed by atoms with Gasteiger partial charge in [0.05, 0.1) is 17.9 Å². The van der Waals surface area contributed by atoms with Gasteiger partial charge in [0, 0.05) is 13.1 Å². The molecule has 1 N–H and O–H groups in total. The van der Waals surface area contributed by atoms with Crippen molar-refractivity contribution in [3.05, 3.63) is 17.5 Å². The standard InChI is InChI=1S/C10H15F4N3/c1-3-17-8(4-7(2)16-17)5-15-6-10(13,14)9(11)12/h4,9,15H,3,5-6H2,1-2H3. The Kier molecular flexibility index (Phi) is 4.50. The zero-order valence-corrected chi connectivity index (χ0v) is 9.68. The zero-order valence-electron chi connectivity index (χ0n) is 9.68. The molecule has 1 heterocycles. The van der Waals surface area contributed by atoms with Crippen LogP contribution in [0.1, 0.15) is 18.3 Å². The van der Waals surface area contributed by atoms with Crippen LogP contribution in [0.5, 0.6) is 0 Å². The van der Waals surface area contributed by atoms with Gasteiger partial charge >= 0.3 is 12.3 Å². The third-order valence-corrected chi connectivity index (χ3v) is 2.27. The summed E-state index contributed by atoms with van der Waals surface area (Å²) in [6.45, 7) is 3.30. The van der Waals surface area contributed by atoms with E-state index in [2.05, 4.69) is 10.4 Å². The number of hydrogen-bond donors (Lipinski definition) is 1. The molecule has 0 fully saturated rings. The van der Waals surface area contributed by atoms with Crippen LogP contribution in [0.15, 0.2) is 6.07 Å². The van der Waals surface area contributed by atoms with Crippen molar-refractivity contribution in [1.82, 2.24) is 15.1 Å². The van der Waals surface area contributed by atoms with Gasteiger partial charge in [0.2, 0.25) is 0 Å². The highest BCUT2D eigenvalue weighted by Crippen LogP contribution is 2.21. The Labute approximate surface area is 96.8 Å². The smallest absolute Gasteiger partial charge is 0.305 e. The van der Waals surface area contributed by atoms with Crippen LogP contribution in [-0.2, 0) is 13.1 Å². The maximum absolute atomic E-state index is 12.6. The predicted molar refractivity (Wildman–Crippen MR) is 55.3 cm³/mol.